The zero-order valence-corrected chi connectivity index (χ0v) is 13.7. The van der Waals surface area contributed by atoms with Crippen LogP contribution in [0.5, 0.6) is 0 Å². The van der Waals surface area contributed by atoms with E-state index in [1.165, 1.54) is 18.9 Å². The Balaban J connectivity index is 2.14. The monoisotopic (exact) mass is 333 g/mol. The minimum Gasteiger partial charge on any atom is -0.399 e. The second-order valence-corrected chi connectivity index (χ2v) is 8.82. The number of nitrogens with one attached hydrogen (secondary N) is 2. The molecule has 1 fully saturated rings. The number of hydrogen-bond donors (Lipinski definition) is 3. The maximum atomic E-state index is 12.0. The molecule has 1 unspecified atom stereocenters. The molecule has 1 aromatic rings. The highest BCUT2D eigenvalue weighted by Gasteiger charge is 2.19. The molecule has 0 spiro atoms. The summed E-state index contributed by atoms with van der Waals surface area (Å²) in [6, 6.07) is 4.91. The molecule has 5 nitrogen and oxygen atoms in total. The van der Waals surface area contributed by atoms with Gasteiger partial charge < -0.3 is 11.1 Å². The lowest BCUT2D eigenvalue weighted by Gasteiger charge is -2.22. The molecule has 1 saturated heterocycles. The first-order valence-electron chi connectivity index (χ1n) is 6.29. The maximum absolute atomic E-state index is 12.0. The highest BCUT2D eigenvalue weighted by atomic mass is 32.2. The normalized spacial score (nSPS) is 19.8. The van der Waals surface area contributed by atoms with Gasteiger partial charge in [-0.25, -0.2) is 13.1 Å². The summed E-state index contributed by atoms with van der Waals surface area (Å²) in [4.78, 5) is 0.202. The number of rotatable bonds is 5. The minimum absolute atomic E-state index is 0.202. The smallest absolute Gasteiger partial charge is 0.242 e. The first-order chi connectivity index (χ1) is 9.53. The molecule has 0 aliphatic carbocycles. The van der Waals surface area contributed by atoms with Gasteiger partial charge in [0.15, 0.2) is 0 Å². The molecular weight excluding hydrogens is 314 g/mol. The molecule has 0 amide bonds. The lowest BCUT2D eigenvalue weighted by Crippen LogP contribution is -2.25. The predicted molar refractivity (Wildman–Crippen MR) is 89.2 cm³/mol. The summed E-state index contributed by atoms with van der Waals surface area (Å²) in [5.41, 5.74) is 6.73. The average Bonchev–Trinajstić information content (AvgIpc) is 2.47. The van der Waals surface area contributed by atoms with Gasteiger partial charge in [-0.2, -0.15) is 23.5 Å². The Morgan fingerprint density at radius 2 is 2.20 bits per heavy atom. The summed E-state index contributed by atoms with van der Waals surface area (Å²) in [5.74, 6) is 3.45. The molecule has 2 rings (SSSR count). The first kappa shape index (κ1) is 15.8. The SMILES string of the molecule is CNS(=O)(=O)c1cc(N)ccc1NCC1CSCCS1. The molecule has 1 heterocycles. The van der Waals surface area contributed by atoms with Gasteiger partial charge in [-0.3, -0.25) is 0 Å². The van der Waals surface area contributed by atoms with Gasteiger partial charge in [-0.05, 0) is 25.2 Å². The second kappa shape index (κ2) is 6.93. The van der Waals surface area contributed by atoms with Gasteiger partial charge in [-0.1, -0.05) is 0 Å². The summed E-state index contributed by atoms with van der Waals surface area (Å²) in [6.45, 7) is 0.758. The van der Waals surface area contributed by atoms with Gasteiger partial charge >= 0.3 is 0 Å². The minimum atomic E-state index is -3.51. The Labute approximate surface area is 128 Å². The van der Waals surface area contributed by atoms with Gasteiger partial charge in [0.05, 0.1) is 5.69 Å². The summed E-state index contributed by atoms with van der Waals surface area (Å²) < 4.78 is 26.3. The third-order valence-corrected chi connectivity index (χ3v) is 7.27. The summed E-state index contributed by atoms with van der Waals surface area (Å²) >= 11 is 3.88. The van der Waals surface area contributed by atoms with E-state index in [1.54, 1.807) is 12.1 Å². The van der Waals surface area contributed by atoms with E-state index in [9.17, 15) is 8.42 Å². The van der Waals surface area contributed by atoms with Crippen molar-refractivity contribution in [1.29, 1.82) is 0 Å². The third-order valence-electron chi connectivity index (χ3n) is 2.97. The zero-order valence-electron chi connectivity index (χ0n) is 11.3. The van der Waals surface area contributed by atoms with Crippen molar-refractivity contribution in [2.24, 2.45) is 0 Å². The van der Waals surface area contributed by atoms with Crippen molar-refractivity contribution in [2.45, 2.75) is 10.1 Å². The zero-order chi connectivity index (χ0) is 14.6. The summed E-state index contributed by atoms with van der Waals surface area (Å²) in [7, 11) is -2.11. The molecule has 0 aromatic heterocycles. The summed E-state index contributed by atoms with van der Waals surface area (Å²) in [5, 5.41) is 3.75. The fourth-order valence-corrected chi connectivity index (χ4v) is 5.45. The fraction of sp³-hybridized carbons (Fsp3) is 0.500. The molecule has 112 valence electrons. The van der Waals surface area contributed by atoms with Crippen LogP contribution in [0.4, 0.5) is 11.4 Å². The quantitative estimate of drug-likeness (QED) is 0.707. The van der Waals surface area contributed by atoms with E-state index in [-0.39, 0.29) is 4.90 Å². The number of anilines is 2. The van der Waals surface area contributed by atoms with E-state index >= 15 is 0 Å². The number of sulfonamides is 1. The van der Waals surface area contributed by atoms with Crippen LogP contribution < -0.4 is 15.8 Å². The molecule has 4 N–H and O–H groups in total. The van der Waals surface area contributed by atoms with Gasteiger partial charge in [0.25, 0.3) is 0 Å². The molecular formula is C12H19N3O2S3. The molecule has 0 bridgehead atoms. The van der Waals surface area contributed by atoms with Crippen molar-refractivity contribution in [3.8, 4) is 0 Å². The number of nitrogen functional groups attached to an aromatic ring is 1. The molecule has 1 aromatic carbocycles. The largest absolute Gasteiger partial charge is 0.399 e. The van der Waals surface area contributed by atoms with Crippen LogP contribution in [0.2, 0.25) is 0 Å². The Kier molecular flexibility index (Phi) is 5.48. The molecule has 20 heavy (non-hydrogen) atoms. The number of thioether (sulfide) groups is 2. The Hall–Kier alpha value is -0.570. The van der Waals surface area contributed by atoms with Crippen LogP contribution in [-0.2, 0) is 10.0 Å². The Morgan fingerprint density at radius 3 is 2.85 bits per heavy atom. The van der Waals surface area contributed by atoms with E-state index < -0.39 is 10.0 Å². The van der Waals surface area contributed by atoms with E-state index in [1.807, 2.05) is 23.5 Å². The van der Waals surface area contributed by atoms with Crippen molar-refractivity contribution in [3.05, 3.63) is 18.2 Å². The third kappa shape index (κ3) is 3.97. The van der Waals surface area contributed by atoms with Crippen molar-refractivity contribution < 1.29 is 8.42 Å². The van der Waals surface area contributed by atoms with Crippen molar-refractivity contribution in [1.82, 2.24) is 4.72 Å². The fourth-order valence-electron chi connectivity index (χ4n) is 1.90. The van der Waals surface area contributed by atoms with Crippen LogP contribution in [0.25, 0.3) is 0 Å². The maximum Gasteiger partial charge on any atom is 0.242 e. The van der Waals surface area contributed by atoms with Crippen LogP contribution in [0, 0.1) is 0 Å². The standard InChI is InChI=1S/C12H19N3O2S3/c1-14-20(16,17)12-6-9(13)2-3-11(12)15-7-10-8-18-4-5-19-10/h2-3,6,10,14-15H,4-5,7-8,13H2,1H3. The predicted octanol–water partition coefficient (Wildman–Crippen LogP) is 1.44. The van der Waals surface area contributed by atoms with Gasteiger partial charge in [0.1, 0.15) is 4.90 Å². The number of benzene rings is 1. The lowest BCUT2D eigenvalue weighted by atomic mass is 10.3. The molecule has 0 radical (unpaired) electrons. The van der Waals surface area contributed by atoms with Crippen molar-refractivity contribution in [2.75, 3.05) is 41.9 Å². The van der Waals surface area contributed by atoms with Crippen molar-refractivity contribution >= 4 is 44.9 Å². The van der Waals surface area contributed by atoms with E-state index in [4.69, 9.17) is 5.73 Å². The number of hydrogen-bond acceptors (Lipinski definition) is 6. The van der Waals surface area contributed by atoms with E-state index in [0.29, 0.717) is 16.6 Å². The second-order valence-electron chi connectivity index (χ2n) is 4.41. The van der Waals surface area contributed by atoms with Crippen molar-refractivity contribution in [3.63, 3.8) is 0 Å². The Morgan fingerprint density at radius 1 is 1.40 bits per heavy atom. The van der Waals surface area contributed by atoms with Gasteiger partial charge in [0, 0.05) is 34.7 Å². The molecule has 0 saturated carbocycles. The van der Waals surface area contributed by atoms with Crippen LogP contribution >= 0.6 is 23.5 Å². The Bertz CT molecular complexity index is 557. The topological polar surface area (TPSA) is 84.2 Å². The van der Waals surface area contributed by atoms with E-state index in [0.717, 1.165) is 18.1 Å². The number of nitrogens with two attached hydrogens (primary N) is 1. The highest BCUT2D eigenvalue weighted by Crippen LogP contribution is 2.27. The van der Waals surface area contributed by atoms with E-state index in [2.05, 4.69) is 10.0 Å². The highest BCUT2D eigenvalue weighted by molar-refractivity contribution is 8.06. The molecule has 1 aliphatic heterocycles. The lowest BCUT2D eigenvalue weighted by molar-refractivity contribution is 0.588. The molecule has 1 aliphatic rings. The molecule has 1 atom stereocenters. The van der Waals surface area contributed by atoms with Gasteiger partial charge in [-0.15, -0.1) is 0 Å². The van der Waals surface area contributed by atoms with Crippen LogP contribution in [-0.4, -0.2) is 44.5 Å². The van der Waals surface area contributed by atoms with Crippen LogP contribution in [0.1, 0.15) is 0 Å². The average molecular weight is 334 g/mol. The first-order valence-corrected chi connectivity index (χ1v) is 9.98. The summed E-state index contributed by atoms with van der Waals surface area (Å²) in [6.07, 6.45) is 0. The van der Waals surface area contributed by atoms with Crippen LogP contribution in [0.3, 0.4) is 0 Å². The molecule has 8 heteroatoms. The van der Waals surface area contributed by atoms with Crippen LogP contribution in [0.15, 0.2) is 23.1 Å². The van der Waals surface area contributed by atoms with Gasteiger partial charge in [0.2, 0.25) is 10.0 Å².